The van der Waals surface area contributed by atoms with Crippen LogP contribution < -0.4 is 0 Å². The summed E-state index contributed by atoms with van der Waals surface area (Å²) in [7, 11) is 0. The SMILES string of the molecule is O=C1OC2(CCCCC2)OC(=O)C1=Cc1ccc(Cl)cc1[N+](=O)[O-]. The number of rotatable bonds is 2. The van der Waals surface area contributed by atoms with Crippen LogP contribution in [0.15, 0.2) is 23.8 Å². The first-order valence-corrected chi connectivity index (χ1v) is 7.90. The fourth-order valence-corrected chi connectivity index (χ4v) is 3.08. The maximum atomic E-state index is 12.2. The molecule has 3 rings (SSSR count). The number of carbonyl (C=O) groups is 2. The molecule has 1 aliphatic heterocycles. The van der Waals surface area contributed by atoms with Gasteiger partial charge in [0.05, 0.1) is 10.5 Å². The summed E-state index contributed by atoms with van der Waals surface area (Å²) in [5, 5.41) is 11.3. The lowest BCUT2D eigenvalue weighted by Gasteiger charge is -2.38. The van der Waals surface area contributed by atoms with Crippen LogP contribution in [0.5, 0.6) is 0 Å². The average Bonchev–Trinajstić information content (AvgIpc) is 2.52. The molecule has 0 N–H and O–H groups in total. The van der Waals surface area contributed by atoms with E-state index in [0.29, 0.717) is 12.8 Å². The number of hydrogen-bond donors (Lipinski definition) is 0. The van der Waals surface area contributed by atoms with Crippen molar-refractivity contribution in [1.82, 2.24) is 0 Å². The van der Waals surface area contributed by atoms with Crippen molar-refractivity contribution < 1.29 is 24.0 Å². The van der Waals surface area contributed by atoms with Crippen molar-refractivity contribution >= 4 is 35.3 Å². The van der Waals surface area contributed by atoms with E-state index in [-0.39, 0.29) is 21.8 Å². The van der Waals surface area contributed by atoms with E-state index in [9.17, 15) is 19.7 Å². The minimum atomic E-state index is -1.18. The average molecular weight is 352 g/mol. The van der Waals surface area contributed by atoms with Crippen LogP contribution in [0.4, 0.5) is 5.69 Å². The molecule has 1 saturated heterocycles. The Bertz CT molecular complexity index is 729. The van der Waals surface area contributed by atoms with Crippen molar-refractivity contribution in [3.05, 3.63) is 44.5 Å². The number of nitro benzene ring substituents is 1. The number of nitro groups is 1. The van der Waals surface area contributed by atoms with E-state index >= 15 is 0 Å². The lowest BCUT2D eigenvalue weighted by atomic mass is 9.93. The zero-order valence-electron chi connectivity index (χ0n) is 12.6. The number of carbonyl (C=O) groups excluding carboxylic acids is 2. The number of halogens is 1. The molecule has 0 aromatic heterocycles. The first-order chi connectivity index (χ1) is 11.4. The maximum absolute atomic E-state index is 12.2. The fraction of sp³-hybridized carbons (Fsp3) is 0.375. The second-order valence-electron chi connectivity index (χ2n) is 5.77. The van der Waals surface area contributed by atoms with Gasteiger partial charge >= 0.3 is 11.9 Å². The van der Waals surface area contributed by atoms with Gasteiger partial charge in [0.1, 0.15) is 5.57 Å². The normalized spacial score (nSPS) is 19.6. The monoisotopic (exact) mass is 351 g/mol. The topological polar surface area (TPSA) is 95.7 Å². The predicted molar refractivity (Wildman–Crippen MR) is 84.1 cm³/mol. The zero-order chi connectivity index (χ0) is 17.3. The summed E-state index contributed by atoms with van der Waals surface area (Å²) in [6.45, 7) is 0. The second-order valence-corrected chi connectivity index (χ2v) is 6.21. The summed E-state index contributed by atoms with van der Waals surface area (Å²) < 4.78 is 10.7. The van der Waals surface area contributed by atoms with Crippen LogP contribution in [-0.2, 0) is 19.1 Å². The molecule has 1 aromatic carbocycles. The molecule has 0 bridgehead atoms. The number of ether oxygens (including phenoxy) is 2. The number of nitrogens with zero attached hydrogens (tertiary/aromatic N) is 1. The quantitative estimate of drug-likeness (QED) is 0.266. The molecule has 0 unspecified atom stereocenters. The molecule has 1 spiro atoms. The van der Waals surface area contributed by atoms with Gasteiger partial charge in [-0.25, -0.2) is 9.59 Å². The van der Waals surface area contributed by atoms with E-state index in [1.807, 2.05) is 0 Å². The Hall–Kier alpha value is -2.41. The highest BCUT2D eigenvalue weighted by molar-refractivity contribution is 6.30. The molecule has 0 radical (unpaired) electrons. The van der Waals surface area contributed by atoms with Crippen LogP contribution in [0, 0.1) is 10.1 Å². The van der Waals surface area contributed by atoms with Crippen molar-refractivity contribution in [1.29, 1.82) is 0 Å². The molecule has 1 aliphatic carbocycles. The van der Waals surface area contributed by atoms with E-state index in [1.165, 1.54) is 12.1 Å². The van der Waals surface area contributed by atoms with Gasteiger partial charge in [-0.1, -0.05) is 18.0 Å². The predicted octanol–water partition coefficient (Wildman–Crippen LogP) is 3.39. The molecule has 7 nitrogen and oxygen atoms in total. The van der Waals surface area contributed by atoms with Crippen molar-refractivity contribution in [3.8, 4) is 0 Å². The molecule has 1 aromatic rings. The maximum Gasteiger partial charge on any atom is 0.348 e. The van der Waals surface area contributed by atoms with Gasteiger partial charge in [0.25, 0.3) is 11.5 Å². The first-order valence-electron chi connectivity index (χ1n) is 7.52. The summed E-state index contributed by atoms with van der Waals surface area (Å²) in [6.07, 6.45) is 4.66. The fourth-order valence-electron chi connectivity index (χ4n) is 2.92. The Morgan fingerprint density at radius 1 is 1.12 bits per heavy atom. The Labute approximate surface area is 142 Å². The van der Waals surface area contributed by atoms with Crippen LogP contribution in [0.1, 0.15) is 37.7 Å². The van der Waals surface area contributed by atoms with Gasteiger partial charge in [-0.3, -0.25) is 10.1 Å². The summed E-state index contributed by atoms with van der Waals surface area (Å²) in [4.78, 5) is 35.0. The minimum Gasteiger partial charge on any atom is -0.419 e. The molecule has 8 heteroatoms. The standard InChI is InChI=1S/C16H14ClNO6/c17-11-5-4-10(13(9-11)18(21)22)8-12-14(19)23-16(24-15(12)20)6-2-1-3-7-16/h4-5,8-9H,1-3,6-7H2. The first kappa shape index (κ1) is 16.4. The molecule has 1 saturated carbocycles. The highest BCUT2D eigenvalue weighted by atomic mass is 35.5. The molecular formula is C16H14ClNO6. The van der Waals surface area contributed by atoms with E-state index in [0.717, 1.165) is 31.4 Å². The Kier molecular flexibility index (Phi) is 4.28. The van der Waals surface area contributed by atoms with E-state index in [4.69, 9.17) is 21.1 Å². The number of hydrogen-bond acceptors (Lipinski definition) is 6. The molecule has 24 heavy (non-hydrogen) atoms. The third-order valence-corrected chi connectivity index (χ3v) is 4.34. The third kappa shape index (κ3) is 3.12. The molecule has 126 valence electrons. The van der Waals surface area contributed by atoms with Gasteiger partial charge in [0.15, 0.2) is 0 Å². The Morgan fingerprint density at radius 2 is 1.75 bits per heavy atom. The van der Waals surface area contributed by atoms with Crippen LogP contribution in [0.2, 0.25) is 5.02 Å². The van der Waals surface area contributed by atoms with E-state index < -0.39 is 22.6 Å². The smallest absolute Gasteiger partial charge is 0.348 e. The van der Waals surface area contributed by atoms with Crippen molar-refractivity contribution in [2.45, 2.75) is 37.9 Å². The van der Waals surface area contributed by atoms with Gasteiger partial charge in [-0.2, -0.15) is 0 Å². The van der Waals surface area contributed by atoms with Crippen LogP contribution in [0.25, 0.3) is 6.08 Å². The van der Waals surface area contributed by atoms with Gasteiger partial charge in [-0.15, -0.1) is 0 Å². The lowest BCUT2D eigenvalue weighted by Crippen LogP contribution is -2.47. The molecule has 2 aliphatic rings. The zero-order valence-corrected chi connectivity index (χ0v) is 13.4. The van der Waals surface area contributed by atoms with Crippen molar-refractivity contribution in [2.75, 3.05) is 0 Å². The van der Waals surface area contributed by atoms with Gasteiger partial charge in [0.2, 0.25) is 0 Å². The minimum absolute atomic E-state index is 0.0768. The van der Waals surface area contributed by atoms with Gasteiger partial charge in [0, 0.05) is 23.9 Å². The van der Waals surface area contributed by atoms with Crippen molar-refractivity contribution in [3.63, 3.8) is 0 Å². The van der Waals surface area contributed by atoms with Gasteiger partial charge in [-0.05, 0) is 31.1 Å². The largest absolute Gasteiger partial charge is 0.419 e. The third-order valence-electron chi connectivity index (χ3n) is 4.10. The summed E-state index contributed by atoms with van der Waals surface area (Å²) in [5.41, 5.74) is -0.599. The van der Waals surface area contributed by atoms with Crippen molar-refractivity contribution in [2.24, 2.45) is 0 Å². The summed E-state index contributed by atoms with van der Waals surface area (Å²) >= 11 is 5.75. The lowest BCUT2D eigenvalue weighted by molar-refractivity contribution is -0.385. The molecular weight excluding hydrogens is 338 g/mol. The highest BCUT2D eigenvalue weighted by Crippen LogP contribution is 2.37. The molecule has 0 atom stereocenters. The van der Waals surface area contributed by atoms with Crippen LogP contribution >= 0.6 is 11.6 Å². The number of esters is 2. The van der Waals surface area contributed by atoms with E-state index in [1.54, 1.807) is 0 Å². The Balaban J connectivity index is 1.93. The molecule has 2 fully saturated rings. The van der Waals surface area contributed by atoms with Crippen LogP contribution in [-0.4, -0.2) is 22.6 Å². The Morgan fingerprint density at radius 3 is 2.33 bits per heavy atom. The molecule has 1 heterocycles. The number of benzene rings is 1. The second kappa shape index (κ2) is 6.24. The summed E-state index contributed by atoms with van der Waals surface area (Å²) in [6, 6.07) is 3.94. The summed E-state index contributed by atoms with van der Waals surface area (Å²) in [5.74, 6) is -2.83. The highest BCUT2D eigenvalue weighted by Gasteiger charge is 2.46. The van der Waals surface area contributed by atoms with E-state index in [2.05, 4.69) is 0 Å². The van der Waals surface area contributed by atoms with Crippen LogP contribution in [0.3, 0.4) is 0 Å². The van der Waals surface area contributed by atoms with Gasteiger partial charge < -0.3 is 9.47 Å². The molecule has 0 amide bonds.